The lowest BCUT2D eigenvalue weighted by Crippen LogP contribution is -2.32. The molecule has 0 aliphatic heterocycles. The lowest BCUT2D eigenvalue weighted by Gasteiger charge is -2.11. The summed E-state index contributed by atoms with van der Waals surface area (Å²) >= 11 is 0.965. The molecular weight excluding hydrogens is 418 g/mol. The smallest absolute Gasteiger partial charge is 0.266 e. The Morgan fingerprint density at radius 1 is 1.29 bits per heavy atom. The van der Waals surface area contributed by atoms with Crippen LogP contribution in [0.25, 0.3) is 11.3 Å². The second-order valence-corrected chi connectivity index (χ2v) is 7.58. The topological polar surface area (TPSA) is 169 Å². The molecule has 3 N–H and O–H groups in total. The average molecular weight is 435 g/mol. The number of hydrogen-bond acceptors (Lipinski definition) is 9. The van der Waals surface area contributed by atoms with Crippen molar-refractivity contribution in [2.24, 2.45) is 7.05 Å². The summed E-state index contributed by atoms with van der Waals surface area (Å²) in [6.07, 6.45) is 0. The largest absolute Gasteiger partial charge is 0.539 e. The number of nitriles is 2. The van der Waals surface area contributed by atoms with Crippen molar-refractivity contribution in [3.8, 4) is 29.3 Å². The molecule has 0 aliphatic rings. The highest BCUT2D eigenvalue weighted by Gasteiger charge is 2.29. The first kappa shape index (κ1) is 21.6. The molecule has 0 atom stereocenters. The first-order valence-corrected chi connectivity index (χ1v) is 9.92. The molecule has 1 aromatic carbocycles. The summed E-state index contributed by atoms with van der Waals surface area (Å²) in [4.78, 5) is 16.5. The molecule has 0 aliphatic carbocycles. The van der Waals surface area contributed by atoms with Gasteiger partial charge in [-0.05, 0) is 37.1 Å². The molecular formula is C20H17N7O3S. The van der Waals surface area contributed by atoms with Crippen LogP contribution in [0.5, 0.6) is 5.95 Å². The van der Waals surface area contributed by atoms with Gasteiger partial charge in [0.1, 0.15) is 28.5 Å². The Morgan fingerprint density at radius 3 is 2.58 bits per heavy atom. The quantitative estimate of drug-likeness (QED) is 0.443. The normalized spacial score (nSPS) is 10.4. The number of anilines is 2. The second kappa shape index (κ2) is 8.73. The average Bonchev–Trinajstić information content (AvgIpc) is 3.06. The molecule has 0 saturated heterocycles. The van der Waals surface area contributed by atoms with Crippen molar-refractivity contribution in [3.63, 3.8) is 0 Å². The molecule has 11 heteroatoms. The van der Waals surface area contributed by atoms with E-state index < -0.39 is 5.95 Å². The monoisotopic (exact) mass is 435 g/mol. The Morgan fingerprint density at radius 2 is 2.00 bits per heavy atom. The summed E-state index contributed by atoms with van der Waals surface area (Å²) in [6.45, 7) is 3.92. The Hall–Kier alpha value is -4.09. The lowest BCUT2D eigenvalue weighted by molar-refractivity contribution is -0.730. The van der Waals surface area contributed by atoms with Crippen LogP contribution >= 0.6 is 11.8 Å². The molecule has 0 bridgehead atoms. The van der Waals surface area contributed by atoms with Crippen molar-refractivity contribution in [2.75, 3.05) is 16.8 Å². The first-order valence-electron chi connectivity index (χ1n) is 8.93. The molecule has 0 radical (unpaired) electrons. The Kier molecular flexibility index (Phi) is 6.09. The highest BCUT2D eigenvalue weighted by Crippen LogP contribution is 2.36. The van der Waals surface area contributed by atoms with Crippen LogP contribution in [0.15, 0.2) is 27.7 Å². The van der Waals surface area contributed by atoms with E-state index in [4.69, 9.17) is 5.73 Å². The highest BCUT2D eigenvalue weighted by molar-refractivity contribution is 8.00. The summed E-state index contributed by atoms with van der Waals surface area (Å²) < 4.78 is 5.73. The number of nitrogen functional groups attached to an aromatic ring is 1. The van der Waals surface area contributed by atoms with E-state index in [9.17, 15) is 20.4 Å². The molecule has 0 saturated carbocycles. The first-order chi connectivity index (χ1) is 14.8. The number of amides is 1. The Bertz CT molecular complexity index is 1250. The number of hydrogen-bond donors (Lipinski definition) is 2. The summed E-state index contributed by atoms with van der Waals surface area (Å²) in [5.41, 5.74) is 8.36. The zero-order valence-electron chi connectivity index (χ0n) is 16.9. The molecule has 0 unspecified atom stereocenters. The minimum absolute atomic E-state index is 0.0247. The predicted octanol–water partition coefficient (Wildman–Crippen LogP) is 1.31. The number of thioether (sulfide) groups is 1. The van der Waals surface area contributed by atoms with Crippen LogP contribution in [0.1, 0.15) is 22.3 Å². The fourth-order valence-electron chi connectivity index (χ4n) is 2.87. The zero-order chi connectivity index (χ0) is 22.7. The van der Waals surface area contributed by atoms with Gasteiger partial charge < -0.3 is 20.7 Å². The molecule has 1 amide bonds. The molecule has 10 nitrogen and oxygen atoms in total. The third-order valence-corrected chi connectivity index (χ3v) is 5.52. The van der Waals surface area contributed by atoms with Gasteiger partial charge >= 0.3 is 0 Å². The van der Waals surface area contributed by atoms with Crippen molar-refractivity contribution in [1.82, 2.24) is 10.3 Å². The number of benzene rings is 1. The molecule has 0 spiro atoms. The standard InChI is InChI=1S/C20H17N7O3S/c1-10-4-5-12(6-11(10)2)24-15(28)9-31-19-14(8-22)16(13(7-21)18(23)25-19)17-20(29)30-26-27(17)3/h4-6H,9H2,1-3H3,(H3-,23,24,25,26,28,29). The number of pyridine rings is 1. The van der Waals surface area contributed by atoms with Gasteiger partial charge in [-0.25, -0.2) is 4.98 Å². The number of rotatable bonds is 5. The summed E-state index contributed by atoms with van der Waals surface area (Å²) in [5, 5.41) is 37.8. The summed E-state index contributed by atoms with van der Waals surface area (Å²) in [5.74, 6) is -1.39. The van der Waals surface area contributed by atoms with Crippen LogP contribution in [0.2, 0.25) is 0 Å². The molecule has 156 valence electrons. The molecule has 2 heterocycles. The third kappa shape index (κ3) is 4.27. The molecule has 3 rings (SSSR count). The van der Waals surface area contributed by atoms with Gasteiger partial charge in [-0.2, -0.15) is 10.5 Å². The fraction of sp³-hybridized carbons (Fsp3) is 0.200. The van der Waals surface area contributed by atoms with Crippen LogP contribution < -0.4 is 20.8 Å². The molecule has 0 fully saturated rings. The Balaban J connectivity index is 1.93. The van der Waals surface area contributed by atoms with E-state index in [2.05, 4.69) is 20.1 Å². The van der Waals surface area contributed by atoms with Gasteiger partial charge in [0.25, 0.3) is 5.69 Å². The van der Waals surface area contributed by atoms with Crippen molar-refractivity contribution in [2.45, 2.75) is 18.9 Å². The van der Waals surface area contributed by atoms with Gasteiger partial charge in [0.15, 0.2) is 13.0 Å². The van der Waals surface area contributed by atoms with Crippen LogP contribution in [0.4, 0.5) is 11.5 Å². The van der Waals surface area contributed by atoms with E-state index in [1.54, 1.807) is 6.07 Å². The van der Waals surface area contributed by atoms with E-state index in [0.29, 0.717) is 5.69 Å². The maximum Gasteiger partial charge on any atom is 0.266 e. The van der Waals surface area contributed by atoms with Crippen molar-refractivity contribution in [1.29, 1.82) is 10.5 Å². The van der Waals surface area contributed by atoms with Crippen molar-refractivity contribution in [3.05, 3.63) is 40.5 Å². The third-order valence-electron chi connectivity index (χ3n) is 4.55. The number of carbonyl (C=O) groups is 1. The number of aromatic nitrogens is 3. The van der Waals surface area contributed by atoms with Gasteiger partial charge in [-0.1, -0.05) is 22.5 Å². The molecule has 2 aromatic heterocycles. The van der Waals surface area contributed by atoms with Gasteiger partial charge in [-0.3, -0.25) is 4.79 Å². The zero-order valence-corrected chi connectivity index (χ0v) is 17.7. The SMILES string of the molecule is Cc1ccc(NC(=O)CSc2nc(N)c(C#N)c(-c3c([O-])on[n+]3C)c2C#N)cc1C. The van der Waals surface area contributed by atoms with Gasteiger partial charge in [0, 0.05) is 5.69 Å². The number of nitrogens with zero attached hydrogens (tertiary/aromatic N) is 5. The predicted molar refractivity (Wildman–Crippen MR) is 109 cm³/mol. The van der Waals surface area contributed by atoms with Crippen LogP contribution in [-0.2, 0) is 11.8 Å². The maximum atomic E-state index is 12.4. The van der Waals surface area contributed by atoms with Crippen LogP contribution in [0.3, 0.4) is 0 Å². The number of aryl methyl sites for hydroxylation is 3. The van der Waals surface area contributed by atoms with Gasteiger partial charge in [0.2, 0.25) is 5.91 Å². The highest BCUT2D eigenvalue weighted by atomic mass is 32.2. The van der Waals surface area contributed by atoms with Gasteiger partial charge in [-0.15, -0.1) is 0 Å². The fourth-order valence-corrected chi connectivity index (χ4v) is 3.66. The number of nitrogens with two attached hydrogens (primary N) is 1. The second-order valence-electron chi connectivity index (χ2n) is 6.62. The number of nitrogens with one attached hydrogen (secondary N) is 1. The Labute approximate surface area is 181 Å². The van der Waals surface area contributed by atoms with Crippen LogP contribution in [0, 0.1) is 36.5 Å². The maximum absolute atomic E-state index is 12.4. The molecule has 31 heavy (non-hydrogen) atoms. The van der Waals surface area contributed by atoms with E-state index in [-0.39, 0.29) is 44.9 Å². The minimum atomic E-state index is -0.829. The number of carbonyl (C=O) groups excluding carboxylic acids is 1. The van der Waals surface area contributed by atoms with Gasteiger partial charge in [0.05, 0.1) is 22.2 Å². The van der Waals surface area contributed by atoms with E-state index in [0.717, 1.165) is 27.6 Å². The van der Waals surface area contributed by atoms with Crippen molar-refractivity contribution >= 4 is 29.2 Å². The van der Waals surface area contributed by atoms with Crippen molar-refractivity contribution < 1.29 is 19.1 Å². The minimum Gasteiger partial charge on any atom is -0.539 e. The van der Waals surface area contributed by atoms with E-state index in [1.807, 2.05) is 38.1 Å². The van der Waals surface area contributed by atoms with E-state index >= 15 is 0 Å². The molecule has 3 aromatic rings. The van der Waals surface area contributed by atoms with E-state index in [1.165, 1.54) is 7.05 Å². The summed E-state index contributed by atoms with van der Waals surface area (Å²) in [6, 6.07) is 9.38. The van der Waals surface area contributed by atoms with Crippen LogP contribution in [-0.4, -0.2) is 21.9 Å². The lowest BCUT2D eigenvalue weighted by atomic mass is 10.0. The summed E-state index contributed by atoms with van der Waals surface area (Å²) in [7, 11) is 1.43.